The number of halogens is 10. The van der Waals surface area contributed by atoms with Crippen molar-refractivity contribution in [2.45, 2.75) is 202 Å². The van der Waals surface area contributed by atoms with Crippen LogP contribution in [0, 0.1) is 123 Å². The van der Waals surface area contributed by atoms with Gasteiger partial charge in [-0.25, -0.2) is 0 Å². The van der Waals surface area contributed by atoms with Crippen LogP contribution in [-0.2, 0) is 104 Å². The summed E-state index contributed by atoms with van der Waals surface area (Å²) in [5, 5.41) is 49.8. The quantitative estimate of drug-likeness (QED) is 0.0830. The van der Waals surface area contributed by atoms with E-state index in [1.54, 1.807) is 0 Å². The van der Waals surface area contributed by atoms with E-state index in [9.17, 15) is 25.5 Å². The average Bonchev–Trinajstić information content (AvgIpc) is 1.65. The number of benzene rings is 5. The van der Waals surface area contributed by atoms with Crippen molar-refractivity contribution in [1.29, 1.82) is 0 Å². The van der Waals surface area contributed by atoms with Gasteiger partial charge in [-0.05, 0) is 278 Å². The molecular weight excluding hydrogens is 1930 g/mol. The van der Waals surface area contributed by atoms with Gasteiger partial charge in [0.2, 0.25) is 0 Å². The Morgan fingerprint density at radius 1 is 0.302 bits per heavy atom. The van der Waals surface area contributed by atoms with E-state index in [1.807, 2.05) is 157 Å². The Kier molecular flexibility index (Phi) is 45.5. The predicted octanol–water partition coefficient (Wildman–Crippen LogP) is 25.0. The van der Waals surface area contributed by atoms with Gasteiger partial charge in [-0.3, -0.25) is 25.0 Å². The molecular formula is C81H107Cl10N5O5Zr5. The van der Waals surface area contributed by atoms with Gasteiger partial charge >= 0.3 is 189 Å². The number of hydrogen-bond acceptors (Lipinski definition) is 10. The van der Waals surface area contributed by atoms with Crippen LogP contribution in [0.4, 0.5) is 0 Å². The van der Waals surface area contributed by atoms with Gasteiger partial charge in [-0.2, -0.15) is 0 Å². The Bertz CT molecular complexity index is 3400. The van der Waals surface area contributed by atoms with Crippen molar-refractivity contribution in [3.05, 3.63) is 147 Å². The van der Waals surface area contributed by atoms with Crippen LogP contribution < -0.4 is 0 Å². The van der Waals surface area contributed by atoms with Gasteiger partial charge in [0.15, 0.2) is 0 Å². The summed E-state index contributed by atoms with van der Waals surface area (Å²) in [6.45, 7) is 21.4. The first kappa shape index (κ1) is 95.6. The molecule has 10 aliphatic carbocycles. The summed E-state index contributed by atoms with van der Waals surface area (Å²) >= 11 is -4.13. The Hall–Kier alpha value is 0.766. The molecule has 10 bridgehead atoms. The summed E-state index contributed by atoms with van der Waals surface area (Å²) in [6, 6.07) is 31.6. The zero-order valence-electron chi connectivity index (χ0n) is 62.7. The summed E-state index contributed by atoms with van der Waals surface area (Å²) in [7, 11) is 49.3. The molecule has 0 aliphatic heterocycles. The van der Waals surface area contributed by atoms with E-state index in [2.05, 4.69) is 34.6 Å². The van der Waals surface area contributed by atoms with Gasteiger partial charge in [-0.15, -0.1) is 0 Å². The normalized spacial score (nSPS) is 30.1. The average molecular weight is 2040 g/mol. The van der Waals surface area contributed by atoms with Crippen LogP contribution in [0.15, 0.2) is 116 Å². The number of rotatable bonds is 11. The molecule has 15 rings (SSSR count). The zero-order chi connectivity index (χ0) is 77.7. The molecule has 0 heterocycles. The van der Waals surface area contributed by atoms with Gasteiger partial charge in [0.25, 0.3) is 0 Å². The molecule has 0 radical (unpaired) electrons. The third kappa shape index (κ3) is 28.8. The molecule has 0 saturated heterocycles. The molecule has 5 aromatic rings. The van der Waals surface area contributed by atoms with E-state index in [4.69, 9.17) is 110 Å². The fraction of sp³-hybridized carbons (Fsp3) is 0.568. The second-order valence-corrected chi connectivity index (χ2v) is 49.5. The van der Waals surface area contributed by atoms with E-state index in [1.165, 1.54) is 103 Å². The molecule has 10 fully saturated rings. The van der Waals surface area contributed by atoms with Gasteiger partial charge in [0.1, 0.15) is 28.7 Å². The monoisotopic (exact) mass is 2030 g/mol. The van der Waals surface area contributed by atoms with Crippen LogP contribution in [0.2, 0.25) is 0 Å². The van der Waals surface area contributed by atoms with Crippen molar-refractivity contribution in [1.82, 2.24) is 0 Å². The number of aryl methyl sites for hydroxylation is 5. The van der Waals surface area contributed by atoms with E-state index in [-0.39, 0.29) is 0 Å². The van der Waals surface area contributed by atoms with Gasteiger partial charge in [-0.1, -0.05) is 102 Å². The summed E-state index contributed by atoms with van der Waals surface area (Å²) in [5.74, 6) is 14.7. The topological polar surface area (TPSA) is 163 Å². The summed E-state index contributed by atoms with van der Waals surface area (Å²) < 4.78 is 0. The van der Waals surface area contributed by atoms with E-state index in [0.717, 1.165) is 144 Å². The van der Waals surface area contributed by atoms with Crippen molar-refractivity contribution in [3.8, 4) is 28.7 Å². The van der Waals surface area contributed by atoms with Crippen molar-refractivity contribution < 1.29 is 130 Å². The predicted molar refractivity (Wildman–Crippen MR) is 434 cm³/mol. The fourth-order valence-corrected chi connectivity index (χ4v) is 18.8. The second kappa shape index (κ2) is 50.4. The minimum atomic E-state index is -0.826. The number of fused-ring (bicyclic) bond motifs is 10. The summed E-state index contributed by atoms with van der Waals surface area (Å²) in [4.78, 5) is 23.7. The Labute approximate surface area is 727 Å². The van der Waals surface area contributed by atoms with Crippen LogP contribution in [0.25, 0.3) is 0 Å². The van der Waals surface area contributed by atoms with E-state index >= 15 is 0 Å². The molecule has 10 saturated carbocycles. The number of phenolic OH excluding ortho intramolecular Hbond substituents is 5. The SMILES string of the molecule is CCC1CC2CC1CC2N=Cc1cccc(C)c1O.Cc1cccc(C=NC2CC3CC(C)C2C3)c1O.Cc1cccc(C=NC2CC3CC2CC3C)c1O.Cc1cccc(C=NC2CC3CC2CC3C)c1O.Cc1cccc(C=NC2CC3CC2CC3C)c1O.[Cl][Zr][Cl].[Cl][Zr][Cl].[Cl][Zr][Cl].[Cl][Zr][Cl].[Cl][Zr][Cl]. The molecule has 0 aromatic heterocycles. The van der Waals surface area contributed by atoms with Crippen molar-refractivity contribution >= 4 is 116 Å². The van der Waals surface area contributed by atoms with Crippen LogP contribution >= 0.6 is 85.1 Å². The van der Waals surface area contributed by atoms with E-state index < -0.39 is 104 Å². The molecule has 20 unspecified atom stereocenters. The first-order valence-electron chi connectivity index (χ1n) is 37.3. The molecule has 5 aromatic carbocycles. The van der Waals surface area contributed by atoms with Crippen molar-refractivity contribution in [2.75, 3.05) is 0 Å². The number of aliphatic imine (C=N–C) groups is 5. The molecule has 106 heavy (non-hydrogen) atoms. The minimum absolute atomic E-state index is 0.373. The van der Waals surface area contributed by atoms with Crippen LogP contribution in [-0.4, -0.2) is 86.8 Å². The second-order valence-electron chi connectivity index (χ2n) is 30.9. The molecule has 576 valence electrons. The molecule has 0 spiro atoms. The van der Waals surface area contributed by atoms with Crippen molar-refractivity contribution in [2.24, 2.45) is 114 Å². The molecule has 20 atom stereocenters. The molecule has 0 amide bonds. The van der Waals surface area contributed by atoms with Crippen LogP contribution in [0.1, 0.15) is 193 Å². The van der Waals surface area contributed by atoms with E-state index in [0.29, 0.717) is 59.0 Å². The maximum atomic E-state index is 9.99. The van der Waals surface area contributed by atoms with Gasteiger partial charge in [0, 0.05) is 58.9 Å². The number of aromatic hydroxyl groups is 5. The first-order valence-corrected chi connectivity index (χ1v) is 68.9. The molecule has 10 aliphatic rings. The number of para-hydroxylation sites is 5. The van der Waals surface area contributed by atoms with Gasteiger partial charge in [0.05, 0.1) is 30.2 Å². The number of hydrogen-bond donors (Lipinski definition) is 5. The Morgan fingerprint density at radius 2 is 0.547 bits per heavy atom. The summed E-state index contributed by atoms with van der Waals surface area (Å²) in [5.41, 5.74) is 8.85. The third-order valence-corrected chi connectivity index (χ3v) is 24.5. The van der Waals surface area contributed by atoms with Crippen molar-refractivity contribution in [3.63, 3.8) is 0 Å². The Balaban J connectivity index is 0.000000198. The maximum absolute atomic E-state index is 9.99. The van der Waals surface area contributed by atoms with Crippen LogP contribution in [0.3, 0.4) is 0 Å². The molecule has 5 N–H and O–H groups in total. The fourth-order valence-electron chi connectivity index (χ4n) is 18.8. The Morgan fingerprint density at radius 3 is 0.755 bits per heavy atom. The number of nitrogens with zero attached hydrogens (tertiary/aromatic N) is 5. The standard InChI is InChI=1S/C17H23NO.4C16H21NO.10ClH.5Zr/c1-3-12-7-15-8-14(12)9-16(15)18-10-13-6-4-5-11(2)17(13)19;1-10-4-3-5-13(16(10)18)9-17-15-8-12-6-11(2)14(15)7-12;3*1-10-4-3-5-12(16(10)18)9-17-15-8-13-7-14(15)6-11(13)2;;;;;;;;;;;;;;;/h4-6,10,12,14-16,19H,3,7-9H2,1-2H3;3-5,9,11-12,14-15,18H,6-8H2,1-2H3;3*3-5,9,11,13-15,18H,6-8H2,1-2H3;10*1H;;;;;/q;;;;;;;;;;;;;;;5*+2/p-10. The third-order valence-electron chi connectivity index (χ3n) is 24.5. The first-order chi connectivity index (χ1) is 50.8. The summed E-state index contributed by atoms with van der Waals surface area (Å²) in [6.07, 6.45) is 30.6. The molecule has 10 nitrogen and oxygen atoms in total. The van der Waals surface area contributed by atoms with Crippen LogP contribution in [0.5, 0.6) is 28.7 Å². The van der Waals surface area contributed by atoms with Gasteiger partial charge < -0.3 is 25.5 Å². The number of phenols is 5. The molecule has 25 heteroatoms. The zero-order valence-corrected chi connectivity index (χ0v) is 82.5.